The van der Waals surface area contributed by atoms with Crippen LogP contribution in [-0.4, -0.2) is 88.9 Å². The Balaban J connectivity index is 1.23. The molecule has 0 N–H and O–H groups in total. The van der Waals surface area contributed by atoms with Crippen LogP contribution < -0.4 is 10.3 Å². The molecule has 2 aromatic heterocycles. The molecular weight excluding hydrogens is 446 g/mol. The fourth-order valence-corrected chi connectivity index (χ4v) is 4.16. The van der Waals surface area contributed by atoms with Crippen LogP contribution in [0.5, 0.6) is 5.75 Å². The minimum absolute atomic E-state index is 0.0844. The van der Waals surface area contributed by atoms with E-state index in [2.05, 4.69) is 25.1 Å². The van der Waals surface area contributed by atoms with Gasteiger partial charge in [-0.1, -0.05) is 18.2 Å². The summed E-state index contributed by atoms with van der Waals surface area (Å²) in [4.78, 5) is 23.7. The van der Waals surface area contributed by atoms with Gasteiger partial charge in [0.1, 0.15) is 6.61 Å². The summed E-state index contributed by atoms with van der Waals surface area (Å²) >= 11 is 0. The Morgan fingerprint density at radius 1 is 1.11 bits per heavy atom. The summed E-state index contributed by atoms with van der Waals surface area (Å²) < 4.78 is 12.7. The van der Waals surface area contributed by atoms with Gasteiger partial charge >= 0.3 is 0 Å². The Morgan fingerprint density at radius 3 is 2.71 bits per heavy atom. The standard InChI is InChI=1S/C25H29N7O3/c1-30-18-21(14-28-30)23-5-6-24(33)32(29-23)17-19-3-2-4-20(13-19)25-26-15-22(16-27-25)35-12-9-31-7-10-34-11-8-31/h2-6,13-16,21H,7-12,17-18H2,1H3. The first-order valence-corrected chi connectivity index (χ1v) is 11.8. The van der Waals surface area contributed by atoms with E-state index in [9.17, 15) is 4.79 Å². The molecule has 2 aliphatic heterocycles. The van der Waals surface area contributed by atoms with Crippen molar-refractivity contribution in [3.8, 4) is 17.1 Å². The number of aromatic nitrogens is 4. The Morgan fingerprint density at radius 2 is 1.94 bits per heavy atom. The number of rotatable bonds is 8. The average Bonchev–Trinajstić information content (AvgIpc) is 3.33. The van der Waals surface area contributed by atoms with Crippen LogP contribution in [0.1, 0.15) is 17.2 Å². The quantitative estimate of drug-likeness (QED) is 0.483. The summed E-state index contributed by atoms with van der Waals surface area (Å²) in [7, 11) is 1.92. The SMILES string of the molecule is CN1CC(c2ccc(=O)n(Cc3cccc(-c4ncc(OCCN5CCOCC5)cn4)c3)n2)C=N1. The Labute approximate surface area is 203 Å². The topological polar surface area (TPSA) is 98.0 Å². The highest BCUT2D eigenvalue weighted by molar-refractivity contribution is 5.68. The molecule has 3 aromatic rings. The minimum Gasteiger partial charge on any atom is -0.489 e. The number of likely N-dealkylation sites (N-methyl/N-ethyl adjacent to an activating group) is 1. The molecule has 0 amide bonds. The first kappa shape index (κ1) is 23.1. The van der Waals surface area contributed by atoms with E-state index >= 15 is 0 Å². The Hall–Kier alpha value is -3.63. The molecule has 35 heavy (non-hydrogen) atoms. The van der Waals surface area contributed by atoms with E-state index in [1.807, 2.05) is 42.5 Å². The van der Waals surface area contributed by atoms with Gasteiger partial charge < -0.3 is 9.47 Å². The predicted octanol–water partition coefficient (Wildman–Crippen LogP) is 1.47. The van der Waals surface area contributed by atoms with Gasteiger partial charge in [0.15, 0.2) is 11.6 Å². The predicted molar refractivity (Wildman–Crippen MR) is 132 cm³/mol. The Kier molecular flexibility index (Phi) is 7.10. The summed E-state index contributed by atoms with van der Waals surface area (Å²) in [5, 5.41) is 10.7. The highest BCUT2D eigenvalue weighted by Gasteiger charge is 2.19. The minimum atomic E-state index is -0.141. The van der Waals surface area contributed by atoms with Gasteiger partial charge in [-0.05, 0) is 17.7 Å². The first-order chi connectivity index (χ1) is 17.1. The summed E-state index contributed by atoms with van der Waals surface area (Å²) in [6, 6.07) is 11.2. The van der Waals surface area contributed by atoms with E-state index < -0.39 is 0 Å². The van der Waals surface area contributed by atoms with Crippen molar-refractivity contribution in [1.82, 2.24) is 29.7 Å². The third-order valence-electron chi connectivity index (χ3n) is 6.10. The van der Waals surface area contributed by atoms with Crippen LogP contribution in [0.4, 0.5) is 0 Å². The molecule has 0 bridgehead atoms. The highest BCUT2D eigenvalue weighted by Crippen LogP contribution is 2.19. The van der Waals surface area contributed by atoms with Crippen molar-refractivity contribution in [2.45, 2.75) is 12.5 Å². The molecule has 0 radical (unpaired) electrons. The smallest absolute Gasteiger partial charge is 0.267 e. The molecule has 1 unspecified atom stereocenters. The normalized spacial score (nSPS) is 18.2. The molecule has 10 nitrogen and oxygen atoms in total. The lowest BCUT2D eigenvalue weighted by molar-refractivity contribution is 0.0322. The molecule has 5 rings (SSSR count). The molecule has 0 spiro atoms. The maximum atomic E-state index is 12.4. The van der Waals surface area contributed by atoms with Crippen LogP contribution in [0.3, 0.4) is 0 Å². The fourth-order valence-electron chi connectivity index (χ4n) is 4.16. The Bertz CT molecular complexity index is 1220. The number of hydrogen-bond acceptors (Lipinski definition) is 9. The molecule has 10 heteroatoms. The van der Waals surface area contributed by atoms with E-state index in [1.165, 1.54) is 4.68 Å². The van der Waals surface area contributed by atoms with Crippen LogP contribution in [0, 0.1) is 0 Å². The van der Waals surface area contributed by atoms with Crippen molar-refractivity contribution in [3.05, 3.63) is 70.4 Å². The third-order valence-corrected chi connectivity index (χ3v) is 6.10. The van der Waals surface area contributed by atoms with Crippen molar-refractivity contribution in [3.63, 3.8) is 0 Å². The maximum absolute atomic E-state index is 12.4. The summed E-state index contributed by atoms with van der Waals surface area (Å²) in [6.45, 7) is 5.99. The fraction of sp³-hybridized carbons (Fsp3) is 0.400. The summed E-state index contributed by atoms with van der Waals surface area (Å²) in [5.74, 6) is 1.33. The van der Waals surface area contributed by atoms with Crippen molar-refractivity contribution in [2.75, 3.05) is 53.0 Å². The molecule has 0 saturated carbocycles. The lowest BCUT2D eigenvalue weighted by Gasteiger charge is -2.26. The second-order valence-electron chi connectivity index (χ2n) is 8.71. The largest absolute Gasteiger partial charge is 0.489 e. The molecule has 182 valence electrons. The van der Waals surface area contributed by atoms with E-state index in [4.69, 9.17) is 9.47 Å². The maximum Gasteiger partial charge on any atom is 0.267 e. The van der Waals surface area contributed by atoms with Gasteiger partial charge in [0, 0.05) is 51.1 Å². The zero-order valence-electron chi connectivity index (χ0n) is 19.8. The zero-order chi connectivity index (χ0) is 24.0. The van der Waals surface area contributed by atoms with Crippen molar-refractivity contribution in [1.29, 1.82) is 0 Å². The second-order valence-corrected chi connectivity index (χ2v) is 8.71. The second kappa shape index (κ2) is 10.7. The summed E-state index contributed by atoms with van der Waals surface area (Å²) in [5.41, 5.74) is 2.51. The van der Waals surface area contributed by atoms with E-state index in [0.717, 1.165) is 56.2 Å². The number of ether oxygens (including phenoxy) is 2. The van der Waals surface area contributed by atoms with Gasteiger partial charge in [-0.15, -0.1) is 0 Å². The van der Waals surface area contributed by atoms with Crippen molar-refractivity contribution < 1.29 is 9.47 Å². The zero-order valence-corrected chi connectivity index (χ0v) is 19.8. The average molecular weight is 476 g/mol. The van der Waals surface area contributed by atoms with E-state index in [1.54, 1.807) is 24.5 Å². The molecular formula is C25H29N7O3. The van der Waals surface area contributed by atoms with Gasteiger partial charge in [0.05, 0.1) is 43.8 Å². The monoisotopic (exact) mass is 475 g/mol. The van der Waals surface area contributed by atoms with Gasteiger partial charge in [0.2, 0.25) is 0 Å². The van der Waals surface area contributed by atoms with Crippen LogP contribution in [0.25, 0.3) is 11.4 Å². The van der Waals surface area contributed by atoms with Gasteiger partial charge in [-0.3, -0.25) is 14.7 Å². The van der Waals surface area contributed by atoms with Crippen molar-refractivity contribution >= 4 is 6.21 Å². The van der Waals surface area contributed by atoms with Gasteiger partial charge in [0.25, 0.3) is 5.56 Å². The number of hydrazone groups is 1. The lowest BCUT2D eigenvalue weighted by atomic mass is 10.1. The number of benzene rings is 1. The number of hydrogen-bond donors (Lipinski definition) is 0. The lowest BCUT2D eigenvalue weighted by Crippen LogP contribution is -2.38. The highest BCUT2D eigenvalue weighted by atomic mass is 16.5. The molecule has 1 aromatic carbocycles. The number of nitrogens with zero attached hydrogens (tertiary/aromatic N) is 7. The molecule has 1 saturated heterocycles. The molecule has 2 aliphatic rings. The van der Waals surface area contributed by atoms with E-state index in [0.29, 0.717) is 24.7 Å². The molecule has 1 fully saturated rings. The van der Waals surface area contributed by atoms with Crippen LogP contribution >= 0.6 is 0 Å². The van der Waals surface area contributed by atoms with E-state index in [-0.39, 0.29) is 11.5 Å². The molecule has 0 aliphatic carbocycles. The molecule has 4 heterocycles. The van der Waals surface area contributed by atoms with Crippen LogP contribution in [-0.2, 0) is 11.3 Å². The van der Waals surface area contributed by atoms with Crippen LogP contribution in [0.2, 0.25) is 0 Å². The first-order valence-electron chi connectivity index (χ1n) is 11.8. The molecule has 1 atom stereocenters. The number of morpholine rings is 1. The summed E-state index contributed by atoms with van der Waals surface area (Å²) in [6.07, 6.45) is 5.26. The van der Waals surface area contributed by atoms with Gasteiger partial charge in [-0.2, -0.15) is 10.2 Å². The van der Waals surface area contributed by atoms with Gasteiger partial charge in [-0.25, -0.2) is 14.6 Å². The van der Waals surface area contributed by atoms with Crippen molar-refractivity contribution in [2.24, 2.45) is 5.10 Å². The third kappa shape index (κ3) is 5.90. The van der Waals surface area contributed by atoms with Crippen LogP contribution in [0.15, 0.2) is 58.7 Å².